The van der Waals surface area contributed by atoms with Crippen LogP contribution in [0.3, 0.4) is 0 Å². The predicted octanol–water partition coefficient (Wildman–Crippen LogP) is 4.40. The van der Waals surface area contributed by atoms with Crippen LogP contribution in [0.25, 0.3) is 10.9 Å². The molecule has 2 aromatic rings. The highest BCUT2D eigenvalue weighted by atomic mass is 14.8. The quantitative estimate of drug-likeness (QED) is 0.686. The molecular formula is C16H21N. The molecule has 0 atom stereocenters. The molecule has 1 aromatic carbocycles. The number of aromatic amines is 1. The van der Waals surface area contributed by atoms with Gasteiger partial charge in [0.2, 0.25) is 0 Å². The van der Waals surface area contributed by atoms with E-state index in [1.807, 2.05) is 0 Å². The summed E-state index contributed by atoms with van der Waals surface area (Å²) in [6.45, 7) is 9.13. The summed E-state index contributed by atoms with van der Waals surface area (Å²) in [5.74, 6) is 0. The zero-order valence-electron chi connectivity index (χ0n) is 11.3. The molecule has 0 aliphatic heterocycles. The topological polar surface area (TPSA) is 15.8 Å². The molecule has 1 aliphatic rings. The number of rotatable bonds is 0. The van der Waals surface area contributed by atoms with Crippen molar-refractivity contribution in [1.82, 2.24) is 4.98 Å². The van der Waals surface area contributed by atoms with E-state index in [0.29, 0.717) is 5.41 Å². The van der Waals surface area contributed by atoms with Crippen molar-refractivity contribution in [2.24, 2.45) is 0 Å². The lowest BCUT2D eigenvalue weighted by atomic mass is 9.76. The molecule has 1 nitrogen and oxygen atoms in total. The fraction of sp³-hybridized carbons (Fsp3) is 0.500. The van der Waals surface area contributed by atoms with Gasteiger partial charge in [-0.3, -0.25) is 0 Å². The minimum Gasteiger partial charge on any atom is -0.357 e. The van der Waals surface area contributed by atoms with Crippen LogP contribution in [0.15, 0.2) is 12.1 Å². The van der Waals surface area contributed by atoms with E-state index in [1.165, 1.54) is 47.0 Å². The van der Waals surface area contributed by atoms with Gasteiger partial charge >= 0.3 is 0 Å². The molecule has 1 N–H and O–H groups in total. The van der Waals surface area contributed by atoms with Gasteiger partial charge in [-0.1, -0.05) is 25.5 Å². The molecule has 0 amide bonds. The third-order valence-corrected chi connectivity index (χ3v) is 4.26. The lowest BCUT2D eigenvalue weighted by molar-refractivity contribution is 0.423. The van der Waals surface area contributed by atoms with Gasteiger partial charge in [0, 0.05) is 22.0 Å². The first-order chi connectivity index (χ1) is 7.99. The van der Waals surface area contributed by atoms with Crippen molar-refractivity contribution >= 4 is 10.9 Å². The predicted molar refractivity (Wildman–Crippen MR) is 73.7 cm³/mol. The normalized spacial score (nSPS) is 18.4. The Labute approximate surface area is 103 Å². The molecule has 0 spiro atoms. The van der Waals surface area contributed by atoms with Crippen LogP contribution in [0, 0.1) is 13.8 Å². The van der Waals surface area contributed by atoms with Crippen molar-refractivity contribution in [2.75, 3.05) is 0 Å². The number of aromatic nitrogens is 1. The minimum absolute atomic E-state index is 0.312. The van der Waals surface area contributed by atoms with Gasteiger partial charge in [0.1, 0.15) is 0 Å². The lowest BCUT2D eigenvalue weighted by Gasteiger charge is -2.29. The van der Waals surface area contributed by atoms with Crippen molar-refractivity contribution in [3.05, 3.63) is 34.5 Å². The van der Waals surface area contributed by atoms with E-state index in [4.69, 9.17) is 0 Å². The molecule has 1 aromatic heterocycles. The van der Waals surface area contributed by atoms with Crippen LogP contribution in [0.5, 0.6) is 0 Å². The third kappa shape index (κ3) is 1.52. The van der Waals surface area contributed by atoms with Crippen molar-refractivity contribution in [2.45, 2.75) is 52.4 Å². The Balaban J connectivity index is 2.38. The molecule has 0 fully saturated rings. The van der Waals surface area contributed by atoms with E-state index in [0.717, 1.165) is 0 Å². The molecule has 0 saturated heterocycles. The van der Waals surface area contributed by atoms with Crippen LogP contribution in [-0.2, 0) is 11.8 Å². The molecule has 1 aliphatic carbocycles. The minimum atomic E-state index is 0.312. The molecule has 1 heterocycles. The average Bonchev–Trinajstić information content (AvgIpc) is 2.58. The van der Waals surface area contributed by atoms with E-state index in [1.54, 1.807) is 5.56 Å². The first-order valence-electron chi connectivity index (χ1n) is 6.61. The molecule has 90 valence electrons. The van der Waals surface area contributed by atoms with Gasteiger partial charge in [-0.05, 0) is 50.3 Å². The summed E-state index contributed by atoms with van der Waals surface area (Å²) in [6, 6.07) is 4.62. The highest BCUT2D eigenvalue weighted by Gasteiger charge is 2.30. The highest BCUT2D eigenvalue weighted by molar-refractivity contribution is 5.88. The number of fused-ring (bicyclic) bond motifs is 3. The summed E-state index contributed by atoms with van der Waals surface area (Å²) in [4.78, 5) is 3.70. The van der Waals surface area contributed by atoms with Crippen LogP contribution in [0.2, 0.25) is 0 Å². The first kappa shape index (κ1) is 10.9. The van der Waals surface area contributed by atoms with E-state index in [-0.39, 0.29) is 0 Å². The van der Waals surface area contributed by atoms with Gasteiger partial charge in [0.25, 0.3) is 0 Å². The summed E-state index contributed by atoms with van der Waals surface area (Å²) in [7, 11) is 0. The van der Waals surface area contributed by atoms with Gasteiger partial charge in [-0.2, -0.15) is 0 Å². The standard InChI is InChI=1S/C16H21N/c1-10-8-11(2)14-13(9-10)12-6-5-7-16(3,4)15(12)17-14/h8-9,17H,5-7H2,1-4H3. The van der Waals surface area contributed by atoms with Crippen LogP contribution in [-0.4, -0.2) is 4.98 Å². The molecular weight excluding hydrogens is 206 g/mol. The van der Waals surface area contributed by atoms with Crippen molar-refractivity contribution < 1.29 is 0 Å². The van der Waals surface area contributed by atoms with E-state index in [9.17, 15) is 0 Å². The summed E-state index contributed by atoms with van der Waals surface area (Å²) in [5.41, 5.74) is 7.48. The number of benzene rings is 1. The maximum atomic E-state index is 3.70. The molecule has 0 saturated carbocycles. The summed E-state index contributed by atoms with van der Waals surface area (Å²) < 4.78 is 0. The van der Waals surface area contributed by atoms with Gasteiger partial charge in [-0.25, -0.2) is 0 Å². The Morgan fingerprint density at radius 2 is 1.94 bits per heavy atom. The number of nitrogens with one attached hydrogen (secondary N) is 1. The SMILES string of the molecule is Cc1cc(C)c2[nH]c3c(c2c1)CCCC3(C)C. The summed E-state index contributed by atoms with van der Waals surface area (Å²) >= 11 is 0. The molecule has 1 heteroatoms. The van der Waals surface area contributed by atoms with E-state index in [2.05, 4.69) is 44.8 Å². The van der Waals surface area contributed by atoms with Crippen molar-refractivity contribution in [3.8, 4) is 0 Å². The molecule has 0 radical (unpaired) electrons. The molecule has 0 bridgehead atoms. The fourth-order valence-electron chi connectivity index (χ4n) is 3.38. The van der Waals surface area contributed by atoms with Gasteiger partial charge in [0.05, 0.1) is 0 Å². The van der Waals surface area contributed by atoms with E-state index < -0.39 is 0 Å². The highest BCUT2D eigenvalue weighted by Crippen LogP contribution is 2.40. The molecule has 3 rings (SSSR count). The largest absolute Gasteiger partial charge is 0.357 e. The fourth-order valence-corrected chi connectivity index (χ4v) is 3.38. The number of H-pyrrole nitrogens is 1. The van der Waals surface area contributed by atoms with Gasteiger partial charge < -0.3 is 4.98 Å². The number of hydrogen-bond donors (Lipinski definition) is 1. The number of aryl methyl sites for hydroxylation is 3. The zero-order valence-corrected chi connectivity index (χ0v) is 11.3. The summed E-state index contributed by atoms with van der Waals surface area (Å²) in [5, 5.41) is 1.46. The van der Waals surface area contributed by atoms with Gasteiger partial charge in [0.15, 0.2) is 0 Å². The molecule has 0 unspecified atom stereocenters. The first-order valence-corrected chi connectivity index (χ1v) is 6.61. The van der Waals surface area contributed by atoms with E-state index >= 15 is 0 Å². The maximum absolute atomic E-state index is 3.70. The Morgan fingerprint density at radius 1 is 1.18 bits per heavy atom. The Bertz CT molecular complexity index is 587. The van der Waals surface area contributed by atoms with Crippen LogP contribution < -0.4 is 0 Å². The Hall–Kier alpha value is -1.24. The van der Waals surface area contributed by atoms with Crippen LogP contribution in [0.1, 0.15) is 49.1 Å². The van der Waals surface area contributed by atoms with Gasteiger partial charge in [-0.15, -0.1) is 0 Å². The number of hydrogen-bond acceptors (Lipinski definition) is 0. The smallest absolute Gasteiger partial charge is 0.0489 e. The lowest BCUT2D eigenvalue weighted by Crippen LogP contribution is -2.23. The van der Waals surface area contributed by atoms with Crippen molar-refractivity contribution in [1.29, 1.82) is 0 Å². The third-order valence-electron chi connectivity index (χ3n) is 4.26. The molecule has 17 heavy (non-hydrogen) atoms. The van der Waals surface area contributed by atoms with Crippen LogP contribution >= 0.6 is 0 Å². The van der Waals surface area contributed by atoms with Crippen LogP contribution in [0.4, 0.5) is 0 Å². The zero-order chi connectivity index (χ0) is 12.2. The second-order valence-electron chi connectivity index (χ2n) is 6.22. The average molecular weight is 227 g/mol. The second kappa shape index (κ2) is 3.38. The maximum Gasteiger partial charge on any atom is 0.0489 e. The summed E-state index contributed by atoms with van der Waals surface area (Å²) in [6.07, 6.45) is 3.85. The second-order valence-corrected chi connectivity index (χ2v) is 6.22. The Morgan fingerprint density at radius 3 is 2.71 bits per heavy atom. The monoisotopic (exact) mass is 227 g/mol. The van der Waals surface area contributed by atoms with Crippen molar-refractivity contribution in [3.63, 3.8) is 0 Å². The Kier molecular flexibility index (Phi) is 2.16.